The van der Waals surface area contributed by atoms with Gasteiger partial charge in [0, 0.05) is 18.4 Å². The van der Waals surface area contributed by atoms with Crippen LogP contribution in [-0.2, 0) is 19.0 Å². The Morgan fingerprint density at radius 2 is 2.10 bits per heavy atom. The van der Waals surface area contributed by atoms with Gasteiger partial charge >= 0.3 is 12.0 Å². The van der Waals surface area contributed by atoms with E-state index in [-0.39, 0.29) is 29.6 Å². The number of hydrogen-bond donors (Lipinski definition) is 1. The highest BCUT2D eigenvalue weighted by molar-refractivity contribution is 5.85. The molecule has 2 unspecified atom stereocenters. The number of nitrogens with zero attached hydrogens (tertiary/aromatic N) is 3. The molecule has 0 heterocycles. The molecule has 0 aromatic heterocycles. The van der Waals surface area contributed by atoms with Gasteiger partial charge in [-0.25, -0.2) is 10.2 Å². The van der Waals surface area contributed by atoms with Crippen LogP contribution in [0.15, 0.2) is 75.2 Å². The third kappa shape index (κ3) is 5.56. The molecule has 0 aliphatic heterocycles. The van der Waals surface area contributed by atoms with Crippen LogP contribution >= 0.6 is 0 Å². The van der Waals surface area contributed by atoms with Crippen molar-refractivity contribution in [2.75, 3.05) is 7.11 Å². The van der Waals surface area contributed by atoms with Gasteiger partial charge < -0.3 is 14.2 Å². The average molecular weight is 400 g/mol. The lowest BCUT2D eigenvalue weighted by Gasteiger charge is -2.28. The van der Waals surface area contributed by atoms with Crippen LogP contribution in [0.3, 0.4) is 0 Å². The molecule has 9 heteroatoms. The molecule has 0 bridgehead atoms. The minimum Gasteiger partial charge on any atom is -0.463 e. The number of nitroso groups, excluding NO2 is 1. The summed E-state index contributed by atoms with van der Waals surface area (Å²) in [5.41, 5.74) is 0.486. The number of esters is 1. The van der Waals surface area contributed by atoms with Gasteiger partial charge in [-0.15, -0.1) is 0 Å². The third-order valence-corrected chi connectivity index (χ3v) is 4.60. The summed E-state index contributed by atoms with van der Waals surface area (Å²) in [7, 11) is 1.18. The Morgan fingerprint density at radius 1 is 1.38 bits per heavy atom. The van der Waals surface area contributed by atoms with Gasteiger partial charge in [-0.2, -0.15) is 10.0 Å². The zero-order valence-corrected chi connectivity index (χ0v) is 16.8. The average Bonchev–Trinajstić information content (AvgIpc) is 2.69. The van der Waals surface area contributed by atoms with E-state index in [0.29, 0.717) is 0 Å². The maximum Gasteiger partial charge on any atom is 0.373 e. The molecule has 0 saturated carbocycles. The van der Waals surface area contributed by atoms with Crippen LogP contribution in [-0.4, -0.2) is 30.7 Å². The standard InChI is InChI=1S/C20H24N4O5/c1-12-6-7-13(2)20(4,11-12)24-22-19(21)29-15-8-9-16(23-26)17(10-15)28-14(3)18(25)27-5/h6-8,10-11,13,16,21H,3,9H2,1-2,4-5H3/t13-,16?,20?/m0/s1. The Bertz CT molecular complexity index is 868. The van der Waals surface area contributed by atoms with Crippen LogP contribution in [0.2, 0.25) is 0 Å². The number of hydrogen-bond acceptors (Lipinski definition) is 8. The first-order valence-corrected chi connectivity index (χ1v) is 8.94. The second kappa shape index (κ2) is 9.22. The van der Waals surface area contributed by atoms with E-state index in [1.54, 1.807) is 6.08 Å². The van der Waals surface area contributed by atoms with Crippen molar-refractivity contribution in [2.45, 2.75) is 38.8 Å². The van der Waals surface area contributed by atoms with Crippen molar-refractivity contribution in [3.63, 3.8) is 0 Å². The highest BCUT2D eigenvalue weighted by atomic mass is 16.6. The van der Waals surface area contributed by atoms with Crippen LogP contribution in [0, 0.1) is 16.2 Å². The fourth-order valence-corrected chi connectivity index (χ4v) is 2.74. The van der Waals surface area contributed by atoms with E-state index in [4.69, 9.17) is 14.9 Å². The summed E-state index contributed by atoms with van der Waals surface area (Å²) in [4.78, 5) is 22.5. The lowest BCUT2D eigenvalue weighted by atomic mass is 9.82. The minimum absolute atomic E-state index is 0.0641. The highest BCUT2D eigenvalue weighted by Crippen LogP contribution is 2.31. The fraction of sp³-hybridized carbons (Fsp3) is 0.400. The first-order valence-electron chi connectivity index (χ1n) is 8.94. The van der Waals surface area contributed by atoms with Crippen LogP contribution in [0.25, 0.3) is 0 Å². The van der Waals surface area contributed by atoms with Gasteiger partial charge in [0.15, 0.2) is 6.04 Å². The molecule has 0 fully saturated rings. The fourth-order valence-electron chi connectivity index (χ4n) is 2.74. The van der Waals surface area contributed by atoms with Gasteiger partial charge in [-0.1, -0.05) is 41.0 Å². The van der Waals surface area contributed by atoms with E-state index in [2.05, 4.69) is 26.7 Å². The van der Waals surface area contributed by atoms with Crippen molar-refractivity contribution >= 4 is 12.0 Å². The zero-order chi connectivity index (χ0) is 21.6. The summed E-state index contributed by atoms with van der Waals surface area (Å²) >= 11 is 0. The molecule has 0 radical (unpaired) electrons. The van der Waals surface area contributed by atoms with Crippen molar-refractivity contribution < 1.29 is 19.0 Å². The number of carbonyl (C=O) groups excluding carboxylic acids is 1. The molecule has 2 aliphatic carbocycles. The molecule has 1 N–H and O–H groups in total. The number of methoxy groups -OCH3 is 1. The lowest BCUT2D eigenvalue weighted by molar-refractivity contribution is -0.139. The summed E-state index contributed by atoms with van der Waals surface area (Å²) in [6.07, 6.45) is 9.13. The van der Waals surface area contributed by atoms with E-state index < -0.39 is 23.6 Å². The largest absolute Gasteiger partial charge is 0.463 e. The number of azo groups is 1. The van der Waals surface area contributed by atoms with Crippen molar-refractivity contribution in [1.82, 2.24) is 0 Å². The highest BCUT2D eigenvalue weighted by Gasteiger charge is 2.30. The zero-order valence-electron chi connectivity index (χ0n) is 16.8. The number of amidine groups is 1. The molecule has 0 saturated heterocycles. The first kappa shape index (κ1) is 21.9. The Balaban J connectivity index is 2.08. The summed E-state index contributed by atoms with van der Waals surface area (Å²) in [6, 6.07) is -1.27. The van der Waals surface area contributed by atoms with Crippen molar-refractivity contribution in [3.05, 3.63) is 64.7 Å². The molecule has 9 nitrogen and oxygen atoms in total. The van der Waals surface area contributed by atoms with E-state index in [1.165, 1.54) is 13.2 Å². The van der Waals surface area contributed by atoms with Gasteiger partial charge in [0.2, 0.25) is 5.76 Å². The topological polar surface area (TPSA) is 123 Å². The molecule has 29 heavy (non-hydrogen) atoms. The van der Waals surface area contributed by atoms with Crippen molar-refractivity contribution in [1.29, 1.82) is 5.41 Å². The molecule has 3 atom stereocenters. The Morgan fingerprint density at radius 3 is 2.76 bits per heavy atom. The van der Waals surface area contributed by atoms with Gasteiger partial charge in [-0.05, 0) is 26.5 Å². The second-order valence-corrected chi connectivity index (χ2v) is 6.90. The molecule has 154 valence electrons. The number of rotatable bonds is 6. The monoisotopic (exact) mass is 400 g/mol. The van der Waals surface area contributed by atoms with E-state index in [0.717, 1.165) is 5.57 Å². The summed E-state index contributed by atoms with van der Waals surface area (Å²) < 4.78 is 15.2. The van der Waals surface area contributed by atoms with Crippen molar-refractivity contribution in [3.8, 4) is 0 Å². The molecule has 2 aliphatic rings. The first-order chi connectivity index (χ1) is 13.7. The number of nitrogens with one attached hydrogen (secondary N) is 1. The van der Waals surface area contributed by atoms with Crippen LogP contribution < -0.4 is 0 Å². The van der Waals surface area contributed by atoms with E-state index in [1.807, 2.05) is 39.0 Å². The molecule has 0 spiro atoms. The quantitative estimate of drug-likeness (QED) is 0.135. The second-order valence-electron chi connectivity index (χ2n) is 6.90. The number of ether oxygens (including phenoxy) is 3. The number of carbonyl (C=O) groups is 1. The van der Waals surface area contributed by atoms with Crippen molar-refractivity contribution in [2.24, 2.45) is 21.3 Å². The molecular formula is C20H24N4O5. The maximum absolute atomic E-state index is 11.5. The number of allylic oxidation sites excluding steroid dienone is 3. The Hall–Kier alpha value is -3.36. The molecular weight excluding hydrogens is 376 g/mol. The van der Waals surface area contributed by atoms with Gasteiger partial charge in [0.1, 0.15) is 17.1 Å². The Kier molecular flexibility index (Phi) is 6.98. The summed E-state index contributed by atoms with van der Waals surface area (Å²) in [5, 5.41) is 19.1. The smallest absolute Gasteiger partial charge is 0.373 e. The predicted molar refractivity (Wildman–Crippen MR) is 107 cm³/mol. The van der Waals surface area contributed by atoms with Crippen LogP contribution in [0.5, 0.6) is 0 Å². The molecule has 2 rings (SSSR count). The minimum atomic E-state index is -0.846. The van der Waals surface area contributed by atoms with Gasteiger partial charge in [0.05, 0.1) is 7.11 Å². The molecule has 0 aromatic carbocycles. The molecule has 0 amide bonds. The predicted octanol–water partition coefficient (Wildman–Crippen LogP) is 4.31. The van der Waals surface area contributed by atoms with Gasteiger partial charge in [0.25, 0.3) is 0 Å². The Labute approximate surface area is 169 Å². The summed E-state index contributed by atoms with van der Waals surface area (Å²) in [5.74, 6) is -0.677. The lowest BCUT2D eigenvalue weighted by Crippen LogP contribution is -2.29. The van der Waals surface area contributed by atoms with Gasteiger partial charge in [-0.3, -0.25) is 0 Å². The van der Waals surface area contributed by atoms with Crippen LogP contribution in [0.1, 0.15) is 27.2 Å². The third-order valence-electron chi connectivity index (χ3n) is 4.60. The van der Waals surface area contributed by atoms with E-state index >= 15 is 0 Å². The van der Waals surface area contributed by atoms with Crippen LogP contribution in [0.4, 0.5) is 0 Å². The molecule has 0 aromatic rings. The normalized spacial score (nSPS) is 26.1. The summed E-state index contributed by atoms with van der Waals surface area (Å²) in [6.45, 7) is 9.35. The maximum atomic E-state index is 11.5. The SMILES string of the molecule is C=C(OC1=CC(OC(=N)N=NC2(C)C=C(C)C=C[C@@H]2C)=CCC1N=O)C(=O)OC. The van der Waals surface area contributed by atoms with E-state index in [9.17, 15) is 9.70 Å².